The number of ether oxygens (including phenoxy) is 1. The predicted octanol–water partition coefficient (Wildman–Crippen LogP) is 1.94. The Bertz CT molecular complexity index is 347. The van der Waals surface area contributed by atoms with Crippen LogP contribution in [0.3, 0.4) is 0 Å². The van der Waals surface area contributed by atoms with Gasteiger partial charge in [0.1, 0.15) is 0 Å². The molecule has 1 aliphatic rings. The highest BCUT2D eigenvalue weighted by molar-refractivity contribution is 5.75. The van der Waals surface area contributed by atoms with E-state index < -0.39 is 5.97 Å². The second kappa shape index (κ2) is 8.87. The van der Waals surface area contributed by atoms with Gasteiger partial charge in [0.15, 0.2) is 0 Å². The van der Waals surface area contributed by atoms with Crippen LogP contribution in [-0.2, 0) is 9.53 Å². The third-order valence-electron chi connectivity index (χ3n) is 4.16. The fourth-order valence-electron chi connectivity index (χ4n) is 2.88. The SMILES string of the molecule is COCCN(C(=O)NCC1CCCCC1C(=O)O)C(C)C. The van der Waals surface area contributed by atoms with Crippen molar-refractivity contribution in [2.24, 2.45) is 11.8 Å². The molecule has 2 N–H and O–H groups in total. The zero-order valence-corrected chi connectivity index (χ0v) is 13.3. The molecule has 0 radical (unpaired) electrons. The highest BCUT2D eigenvalue weighted by atomic mass is 16.5. The Labute approximate surface area is 126 Å². The van der Waals surface area contributed by atoms with E-state index in [0.717, 1.165) is 19.3 Å². The number of rotatable bonds is 7. The predicted molar refractivity (Wildman–Crippen MR) is 80.2 cm³/mol. The van der Waals surface area contributed by atoms with E-state index in [2.05, 4.69) is 5.32 Å². The van der Waals surface area contributed by atoms with Crippen LogP contribution in [0.2, 0.25) is 0 Å². The number of carboxylic acid groups (broad SMARTS) is 1. The lowest BCUT2D eigenvalue weighted by Gasteiger charge is -2.31. The summed E-state index contributed by atoms with van der Waals surface area (Å²) in [5, 5.41) is 12.1. The van der Waals surface area contributed by atoms with Gasteiger partial charge in [0.25, 0.3) is 0 Å². The van der Waals surface area contributed by atoms with E-state index in [4.69, 9.17) is 4.74 Å². The summed E-state index contributed by atoms with van der Waals surface area (Å²) in [5.74, 6) is -1.03. The molecule has 1 rings (SSSR count). The minimum atomic E-state index is -0.742. The summed E-state index contributed by atoms with van der Waals surface area (Å²) in [6, 6.07) is -0.0569. The second-order valence-corrected chi connectivity index (χ2v) is 5.96. The molecule has 0 spiro atoms. The summed E-state index contributed by atoms with van der Waals surface area (Å²) in [6.45, 7) is 5.37. The zero-order chi connectivity index (χ0) is 15.8. The Morgan fingerprint density at radius 3 is 2.57 bits per heavy atom. The molecule has 1 aliphatic carbocycles. The number of nitrogens with one attached hydrogen (secondary N) is 1. The average Bonchev–Trinajstić information content (AvgIpc) is 2.45. The first-order valence-electron chi connectivity index (χ1n) is 7.73. The summed E-state index contributed by atoms with van der Waals surface area (Å²) in [5.41, 5.74) is 0. The number of urea groups is 1. The molecule has 21 heavy (non-hydrogen) atoms. The van der Waals surface area contributed by atoms with Crippen molar-refractivity contribution in [1.29, 1.82) is 0 Å². The molecule has 1 fully saturated rings. The van der Waals surface area contributed by atoms with E-state index in [9.17, 15) is 14.7 Å². The van der Waals surface area contributed by atoms with Crippen LogP contribution >= 0.6 is 0 Å². The second-order valence-electron chi connectivity index (χ2n) is 5.96. The largest absolute Gasteiger partial charge is 0.481 e. The van der Waals surface area contributed by atoms with Crippen molar-refractivity contribution in [1.82, 2.24) is 10.2 Å². The van der Waals surface area contributed by atoms with Gasteiger partial charge in [-0.25, -0.2) is 4.79 Å². The van der Waals surface area contributed by atoms with Crippen LogP contribution in [0.15, 0.2) is 0 Å². The summed E-state index contributed by atoms with van der Waals surface area (Å²) >= 11 is 0. The normalized spacial score (nSPS) is 22.1. The van der Waals surface area contributed by atoms with Crippen LogP contribution in [0.1, 0.15) is 39.5 Å². The van der Waals surface area contributed by atoms with Crippen LogP contribution < -0.4 is 5.32 Å². The molecule has 0 aromatic heterocycles. The fraction of sp³-hybridized carbons (Fsp3) is 0.867. The quantitative estimate of drug-likeness (QED) is 0.753. The van der Waals surface area contributed by atoms with Crippen LogP contribution in [-0.4, -0.2) is 54.9 Å². The maximum absolute atomic E-state index is 12.2. The average molecular weight is 300 g/mol. The van der Waals surface area contributed by atoms with Gasteiger partial charge in [-0.1, -0.05) is 12.8 Å². The number of nitrogens with zero attached hydrogens (tertiary/aromatic N) is 1. The van der Waals surface area contributed by atoms with Gasteiger partial charge in [0.05, 0.1) is 12.5 Å². The van der Waals surface area contributed by atoms with Gasteiger partial charge < -0.3 is 20.1 Å². The summed E-state index contributed by atoms with van der Waals surface area (Å²) in [4.78, 5) is 25.2. The fourth-order valence-corrected chi connectivity index (χ4v) is 2.88. The maximum Gasteiger partial charge on any atom is 0.317 e. The molecule has 0 saturated heterocycles. The van der Waals surface area contributed by atoms with Crippen molar-refractivity contribution in [3.8, 4) is 0 Å². The van der Waals surface area contributed by atoms with Gasteiger partial charge in [-0.05, 0) is 32.6 Å². The minimum absolute atomic E-state index is 0.0386. The van der Waals surface area contributed by atoms with Crippen LogP contribution in [0.25, 0.3) is 0 Å². The van der Waals surface area contributed by atoms with E-state index in [1.54, 1.807) is 12.0 Å². The Morgan fingerprint density at radius 2 is 2.00 bits per heavy atom. The summed E-state index contributed by atoms with van der Waals surface area (Å²) in [7, 11) is 1.61. The van der Waals surface area contributed by atoms with Crippen molar-refractivity contribution in [2.45, 2.75) is 45.6 Å². The highest BCUT2D eigenvalue weighted by Gasteiger charge is 2.31. The molecule has 0 aliphatic heterocycles. The number of amides is 2. The molecule has 0 heterocycles. The Hall–Kier alpha value is -1.30. The zero-order valence-electron chi connectivity index (χ0n) is 13.3. The minimum Gasteiger partial charge on any atom is -0.481 e. The van der Waals surface area contributed by atoms with Crippen molar-refractivity contribution in [3.05, 3.63) is 0 Å². The van der Waals surface area contributed by atoms with Crippen molar-refractivity contribution < 1.29 is 19.4 Å². The first-order valence-corrected chi connectivity index (χ1v) is 7.73. The summed E-state index contributed by atoms with van der Waals surface area (Å²) < 4.78 is 5.02. The lowest BCUT2D eigenvalue weighted by atomic mass is 9.79. The van der Waals surface area contributed by atoms with E-state index in [1.165, 1.54) is 0 Å². The van der Waals surface area contributed by atoms with Crippen LogP contribution in [0.4, 0.5) is 4.79 Å². The molecule has 1 saturated carbocycles. The van der Waals surface area contributed by atoms with Crippen molar-refractivity contribution >= 4 is 12.0 Å². The molecule has 6 heteroatoms. The summed E-state index contributed by atoms with van der Waals surface area (Å²) in [6.07, 6.45) is 3.60. The van der Waals surface area contributed by atoms with Crippen LogP contribution in [0, 0.1) is 11.8 Å². The molecular formula is C15H28N2O4. The van der Waals surface area contributed by atoms with Gasteiger partial charge in [0.2, 0.25) is 0 Å². The molecule has 0 aromatic carbocycles. The number of hydrogen-bond acceptors (Lipinski definition) is 3. The third kappa shape index (κ3) is 5.53. The van der Waals surface area contributed by atoms with Crippen LogP contribution in [0.5, 0.6) is 0 Å². The standard InChI is InChI=1S/C15H28N2O4/c1-11(2)17(8-9-21-3)15(20)16-10-12-6-4-5-7-13(12)14(18)19/h11-13H,4-10H2,1-3H3,(H,16,20)(H,18,19). The highest BCUT2D eigenvalue weighted by Crippen LogP contribution is 2.29. The first kappa shape index (κ1) is 17.8. The molecule has 6 nitrogen and oxygen atoms in total. The van der Waals surface area contributed by atoms with Gasteiger partial charge in [0, 0.05) is 26.2 Å². The van der Waals surface area contributed by atoms with Crippen molar-refractivity contribution in [3.63, 3.8) is 0 Å². The van der Waals surface area contributed by atoms with Gasteiger partial charge in [-0.15, -0.1) is 0 Å². The van der Waals surface area contributed by atoms with E-state index in [1.807, 2.05) is 13.8 Å². The number of carbonyl (C=O) groups is 2. The monoisotopic (exact) mass is 300 g/mol. The van der Waals surface area contributed by atoms with E-state index in [-0.39, 0.29) is 23.9 Å². The Morgan fingerprint density at radius 1 is 1.33 bits per heavy atom. The number of methoxy groups -OCH3 is 1. The molecule has 0 bridgehead atoms. The topological polar surface area (TPSA) is 78.9 Å². The Kier molecular flexibility index (Phi) is 7.50. The molecule has 2 unspecified atom stereocenters. The van der Waals surface area contributed by atoms with Crippen molar-refractivity contribution in [2.75, 3.05) is 26.8 Å². The number of aliphatic carboxylic acids is 1. The lowest BCUT2D eigenvalue weighted by molar-refractivity contribution is -0.144. The van der Waals surface area contributed by atoms with E-state index >= 15 is 0 Å². The molecular weight excluding hydrogens is 272 g/mol. The lowest BCUT2D eigenvalue weighted by Crippen LogP contribution is -2.47. The van der Waals surface area contributed by atoms with Gasteiger partial charge in [-0.3, -0.25) is 4.79 Å². The third-order valence-corrected chi connectivity index (χ3v) is 4.16. The smallest absolute Gasteiger partial charge is 0.317 e. The number of carboxylic acids is 1. The maximum atomic E-state index is 12.2. The number of hydrogen-bond donors (Lipinski definition) is 2. The van der Waals surface area contributed by atoms with Gasteiger partial charge in [-0.2, -0.15) is 0 Å². The number of carbonyl (C=O) groups excluding carboxylic acids is 1. The van der Waals surface area contributed by atoms with Gasteiger partial charge >= 0.3 is 12.0 Å². The molecule has 2 amide bonds. The molecule has 0 aromatic rings. The molecule has 2 atom stereocenters. The first-order chi connectivity index (χ1) is 9.97. The Balaban J connectivity index is 2.50. The molecule has 122 valence electrons. The van der Waals surface area contributed by atoms with E-state index in [0.29, 0.717) is 26.1 Å².